The molecule has 0 spiro atoms. The average Bonchev–Trinajstić information content (AvgIpc) is 2.96. The standard InChI is InChI=1S/C17H21N3O2/c1-12-6-7-14(10-15(12)16-18-13(2)11-22-16)19-17(21)20-8-4-3-5-9-20/h6-7,10-11H,3-5,8-9H2,1-2H3,(H,19,21). The number of aryl methyl sites for hydroxylation is 2. The second-order valence-corrected chi connectivity index (χ2v) is 5.80. The van der Waals surface area contributed by atoms with Crippen LogP contribution in [0.25, 0.3) is 11.5 Å². The van der Waals surface area contributed by atoms with Gasteiger partial charge in [-0.2, -0.15) is 0 Å². The van der Waals surface area contributed by atoms with E-state index in [0.717, 1.165) is 48.4 Å². The largest absolute Gasteiger partial charge is 0.444 e. The van der Waals surface area contributed by atoms with E-state index in [2.05, 4.69) is 10.3 Å². The van der Waals surface area contributed by atoms with Crippen LogP contribution in [-0.2, 0) is 0 Å². The third kappa shape index (κ3) is 3.13. The second-order valence-electron chi connectivity index (χ2n) is 5.80. The van der Waals surface area contributed by atoms with Crippen LogP contribution in [0.3, 0.4) is 0 Å². The highest BCUT2D eigenvalue weighted by atomic mass is 16.3. The molecule has 1 aliphatic heterocycles. The molecule has 1 aromatic heterocycles. The predicted octanol–water partition coefficient (Wildman–Crippen LogP) is 3.98. The summed E-state index contributed by atoms with van der Waals surface area (Å²) >= 11 is 0. The van der Waals surface area contributed by atoms with E-state index >= 15 is 0 Å². The number of urea groups is 1. The number of amides is 2. The van der Waals surface area contributed by atoms with E-state index in [1.54, 1.807) is 6.26 Å². The van der Waals surface area contributed by atoms with Gasteiger partial charge in [0, 0.05) is 24.3 Å². The van der Waals surface area contributed by atoms with E-state index < -0.39 is 0 Å². The number of anilines is 1. The number of carbonyl (C=O) groups excluding carboxylic acids is 1. The minimum absolute atomic E-state index is 0.0295. The Kier molecular flexibility index (Phi) is 4.13. The summed E-state index contributed by atoms with van der Waals surface area (Å²) in [5, 5.41) is 2.97. The smallest absolute Gasteiger partial charge is 0.321 e. The van der Waals surface area contributed by atoms with Crippen molar-refractivity contribution in [2.75, 3.05) is 18.4 Å². The lowest BCUT2D eigenvalue weighted by atomic mass is 10.1. The van der Waals surface area contributed by atoms with Crippen molar-refractivity contribution in [1.82, 2.24) is 9.88 Å². The van der Waals surface area contributed by atoms with Gasteiger partial charge in [0.05, 0.1) is 5.69 Å². The predicted molar refractivity (Wildman–Crippen MR) is 85.9 cm³/mol. The first kappa shape index (κ1) is 14.6. The lowest BCUT2D eigenvalue weighted by Crippen LogP contribution is -2.38. The molecule has 1 aromatic carbocycles. The van der Waals surface area contributed by atoms with Crippen LogP contribution in [0.15, 0.2) is 28.9 Å². The number of hydrogen-bond donors (Lipinski definition) is 1. The number of carbonyl (C=O) groups is 1. The van der Waals surface area contributed by atoms with Gasteiger partial charge in [-0.15, -0.1) is 0 Å². The molecule has 0 unspecified atom stereocenters. The van der Waals surface area contributed by atoms with Gasteiger partial charge in [-0.25, -0.2) is 9.78 Å². The van der Waals surface area contributed by atoms with E-state index in [0.29, 0.717) is 5.89 Å². The topological polar surface area (TPSA) is 58.4 Å². The average molecular weight is 299 g/mol. The Bertz CT molecular complexity index is 672. The van der Waals surface area contributed by atoms with Crippen LogP contribution in [0.4, 0.5) is 10.5 Å². The Hall–Kier alpha value is -2.30. The third-order valence-electron chi connectivity index (χ3n) is 3.98. The SMILES string of the molecule is Cc1coc(-c2cc(NC(=O)N3CCCCC3)ccc2C)n1. The van der Waals surface area contributed by atoms with Gasteiger partial charge in [0.1, 0.15) is 6.26 Å². The molecule has 0 saturated carbocycles. The Morgan fingerprint density at radius 3 is 2.68 bits per heavy atom. The number of likely N-dealkylation sites (tertiary alicyclic amines) is 1. The maximum absolute atomic E-state index is 12.3. The van der Waals surface area contributed by atoms with Crippen molar-refractivity contribution in [2.24, 2.45) is 0 Å². The van der Waals surface area contributed by atoms with Crippen molar-refractivity contribution in [3.8, 4) is 11.5 Å². The summed E-state index contributed by atoms with van der Waals surface area (Å²) in [7, 11) is 0. The highest BCUT2D eigenvalue weighted by molar-refractivity contribution is 5.90. The van der Waals surface area contributed by atoms with Gasteiger partial charge in [-0.05, 0) is 50.8 Å². The van der Waals surface area contributed by atoms with E-state index in [1.165, 1.54) is 6.42 Å². The summed E-state index contributed by atoms with van der Waals surface area (Å²) in [5.41, 5.74) is 3.59. The monoisotopic (exact) mass is 299 g/mol. The molecule has 22 heavy (non-hydrogen) atoms. The van der Waals surface area contributed by atoms with Crippen molar-refractivity contribution < 1.29 is 9.21 Å². The van der Waals surface area contributed by atoms with Crippen LogP contribution in [0.1, 0.15) is 30.5 Å². The zero-order valence-corrected chi connectivity index (χ0v) is 13.1. The quantitative estimate of drug-likeness (QED) is 0.912. The Morgan fingerprint density at radius 1 is 1.23 bits per heavy atom. The van der Waals surface area contributed by atoms with Crippen LogP contribution in [0.2, 0.25) is 0 Å². The molecule has 2 amide bonds. The van der Waals surface area contributed by atoms with Gasteiger partial charge >= 0.3 is 6.03 Å². The number of rotatable bonds is 2. The molecule has 0 atom stereocenters. The Balaban J connectivity index is 1.78. The molecule has 2 heterocycles. The van der Waals surface area contributed by atoms with E-state index in [-0.39, 0.29) is 6.03 Å². The van der Waals surface area contributed by atoms with Crippen molar-refractivity contribution >= 4 is 11.7 Å². The van der Waals surface area contributed by atoms with Gasteiger partial charge in [-0.1, -0.05) is 6.07 Å². The molecule has 116 valence electrons. The number of piperidine rings is 1. The molecular weight excluding hydrogens is 278 g/mol. The fourth-order valence-electron chi connectivity index (χ4n) is 2.71. The second kappa shape index (κ2) is 6.22. The van der Waals surface area contributed by atoms with Gasteiger partial charge < -0.3 is 14.6 Å². The normalized spacial score (nSPS) is 14.9. The van der Waals surface area contributed by atoms with Gasteiger partial charge in [0.25, 0.3) is 0 Å². The first-order valence-corrected chi connectivity index (χ1v) is 7.72. The van der Waals surface area contributed by atoms with Crippen LogP contribution in [0.5, 0.6) is 0 Å². The first-order chi connectivity index (χ1) is 10.6. The van der Waals surface area contributed by atoms with Crippen molar-refractivity contribution in [2.45, 2.75) is 33.1 Å². The molecule has 1 aliphatic rings. The lowest BCUT2D eigenvalue weighted by Gasteiger charge is -2.26. The molecule has 1 saturated heterocycles. The summed E-state index contributed by atoms with van der Waals surface area (Å²) < 4.78 is 5.47. The summed E-state index contributed by atoms with van der Waals surface area (Å²) in [6.07, 6.45) is 5.01. The fraction of sp³-hybridized carbons (Fsp3) is 0.412. The number of aromatic nitrogens is 1. The molecule has 3 rings (SSSR count). The summed E-state index contributed by atoms with van der Waals surface area (Å²) in [6.45, 7) is 5.57. The number of hydrogen-bond acceptors (Lipinski definition) is 3. The zero-order chi connectivity index (χ0) is 15.5. The Labute approximate surface area is 130 Å². The van der Waals surface area contributed by atoms with Gasteiger partial charge in [-0.3, -0.25) is 0 Å². The molecule has 5 nitrogen and oxygen atoms in total. The molecule has 0 aliphatic carbocycles. The minimum Gasteiger partial charge on any atom is -0.444 e. The molecular formula is C17H21N3O2. The zero-order valence-electron chi connectivity index (χ0n) is 13.1. The highest BCUT2D eigenvalue weighted by Crippen LogP contribution is 2.26. The molecule has 5 heteroatoms. The van der Waals surface area contributed by atoms with Crippen molar-refractivity contribution in [1.29, 1.82) is 0 Å². The van der Waals surface area contributed by atoms with Crippen LogP contribution in [0, 0.1) is 13.8 Å². The third-order valence-corrected chi connectivity index (χ3v) is 3.98. The maximum atomic E-state index is 12.3. The lowest BCUT2D eigenvalue weighted by molar-refractivity contribution is 0.200. The molecule has 1 fully saturated rings. The molecule has 2 aromatic rings. The van der Waals surface area contributed by atoms with E-state index in [4.69, 9.17) is 4.42 Å². The summed E-state index contributed by atoms with van der Waals surface area (Å²) in [4.78, 5) is 18.5. The van der Waals surface area contributed by atoms with Crippen molar-refractivity contribution in [3.63, 3.8) is 0 Å². The van der Waals surface area contributed by atoms with Crippen LogP contribution >= 0.6 is 0 Å². The molecule has 1 N–H and O–H groups in total. The summed E-state index contributed by atoms with van der Waals surface area (Å²) in [6, 6.07) is 5.78. The number of benzene rings is 1. The number of oxazole rings is 1. The van der Waals surface area contributed by atoms with Gasteiger partial charge in [0.15, 0.2) is 0 Å². The molecule has 0 bridgehead atoms. The first-order valence-electron chi connectivity index (χ1n) is 7.72. The van der Waals surface area contributed by atoms with Crippen LogP contribution in [-0.4, -0.2) is 29.0 Å². The number of nitrogens with zero attached hydrogens (tertiary/aromatic N) is 2. The van der Waals surface area contributed by atoms with Crippen molar-refractivity contribution in [3.05, 3.63) is 35.7 Å². The molecule has 0 radical (unpaired) electrons. The van der Waals surface area contributed by atoms with Crippen LogP contribution < -0.4 is 5.32 Å². The van der Waals surface area contributed by atoms with E-state index in [9.17, 15) is 4.79 Å². The summed E-state index contributed by atoms with van der Waals surface area (Å²) in [5.74, 6) is 0.587. The number of nitrogens with one attached hydrogen (secondary N) is 1. The maximum Gasteiger partial charge on any atom is 0.321 e. The fourth-order valence-corrected chi connectivity index (χ4v) is 2.71. The minimum atomic E-state index is -0.0295. The van der Waals surface area contributed by atoms with Gasteiger partial charge in [0.2, 0.25) is 5.89 Å². The van der Waals surface area contributed by atoms with E-state index in [1.807, 2.05) is 36.9 Å². The highest BCUT2D eigenvalue weighted by Gasteiger charge is 2.17. The Morgan fingerprint density at radius 2 is 2.00 bits per heavy atom.